The molecule has 0 unspecified atom stereocenters. The van der Waals surface area contributed by atoms with Gasteiger partial charge in [0.25, 0.3) is 5.91 Å². The topological polar surface area (TPSA) is 63.2 Å². The molecule has 0 aromatic carbocycles. The van der Waals surface area contributed by atoms with Gasteiger partial charge in [0.1, 0.15) is 6.04 Å². The minimum absolute atomic E-state index is 0.125. The summed E-state index contributed by atoms with van der Waals surface area (Å²) < 4.78 is 0. The maximum absolute atomic E-state index is 13.1. The molecule has 0 aliphatic carbocycles. The SMILES string of the molecule is CC(=O)N1CCN(c2cnc3c(c2)N(C)C(=O)[C@H]2CN(C(C)C)CCN32)CC1. The van der Waals surface area contributed by atoms with E-state index in [0.717, 1.165) is 63.0 Å². The zero-order chi connectivity index (χ0) is 20.0. The lowest BCUT2D eigenvalue weighted by molar-refractivity contribution is -0.129. The fourth-order valence-corrected chi connectivity index (χ4v) is 4.44. The summed E-state index contributed by atoms with van der Waals surface area (Å²) in [4.78, 5) is 39.8. The van der Waals surface area contributed by atoms with Crippen LogP contribution in [0.2, 0.25) is 0 Å². The number of anilines is 3. The highest BCUT2D eigenvalue weighted by Gasteiger charge is 2.41. The summed E-state index contributed by atoms with van der Waals surface area (Å²) in [5.74, 6) is 1.17. The molecule has 8 heteroatoms. The van der Waals surface area contributed by atoms with Crippen molar-refractivity contribution in [2.75, 3.05) is 67.6 Å². The van der Waals surface area contributed by atoms with Gasteiger partial charge in [0, 0.05) is 65.8 Å². The summed E-state index contributed by atoms with van der Waals surface area (Å²) in [5.41, 5.74) is 1.90. The Kier molecular flexibility index (Phi) is 4.91. The number of fused-ring (bicyclic) bond motifs is 3. The van der Waals surface area contributed by atoms with Gasteiger partial charge in [-0.05, 0) is 19.9 Å². The second-order valence-electron chi connectivity index (χ2n) is 8.22. The molecule has 2 amide bonds. The summed E-state index contributed by atoms with van der Waals surface area (Å²) in [6.07, 6.45) is 1.91. The molecule has 2 fully saturated rings. The number of rotatable bonds is 2. The van der Waals surface area contributed by atoms with Crippen LogP contribution in [0.4, 0.5) is 17.2 Å². The number of aromatic nitrogens is 1. The van der Waals surface area contributed by atoms with Gasteiger partial charge in [-0.25, -0.2) is 4.98 Å². The normalized spacial score (nSPS) is 23.2. The minimum atomic E-state index is -0.161. The molecule has 0 bridgehead atoms. The van der Waals surface area contributed by atoms with Crippen molar-refractivity contribution in [1.82, 2.24) is 14.8 Å². The average Bonchev–Trinajstić information content (AvgIpc) is 2.71. The first-order valence-corrected chi connectivity index (χ1v) is 10.2. The number of carbonyl (C=O) groups excluding carboxylic acids is 2. The number of piperazine rings is 2. The van der Waals surface area contributed by atoms with Crippen molar-refractivity contribution in [3.63, 3.8) is 0 Å². The Labute approximate surface area is 166 Å². The third kappa shape index (κ3) is 3.19. The minimum Gasteiger partial charge on any atom is -0.367 e. The summed E-state index contributed by atoms with van der Waals surface area (Å²) in [7, 11) is 1.85. The lowest BCUT2D eigenvalue weighted by atomic mass is 10.0. The van der Waals surface area contributed by atoms with E-state index in [0.29, 0.717) is 6.04 Å². The van der Waals surface area contributed by atoms with E-state index in [4.69, 9.17) is 4.98 Å². The quantitative estimate of drug-likeness (QED) is 0.743. The summed E-state index contributed by atoms with van der Waals surface area (Å²) in [6, 6.07) is 2.35. The summed E-state index contributed by atoms with van der Waals surface area (Å²) >= 11 is 0. The molecule has 0 saturated carbocycles. The highest BCUT2D eigenvalue weighted by atomic mass is 16.2. The van der Waals surface area contributed by atoms with Crippen molar-refractivity contribution in [1.29, 1.82) is 0 Å². The molecular weight excluding hydrogens is 356 g/mol. The van der Waals surface area contributed by atoms with Crippen LogP contribution in [0.25, 0.3) is 0 Å². The van der Waals surface area contributed by atoms with Crippen molar-refractivity contribution in [3.05, 3.63) is 12.3 Å². The number of carbonyl (C=O) groups is 2. The standard InChI is InChI=1S/C20H30N6O2/c1-14(2)25-9-10-26-18(13-25)20(28)22(4)17-11-16(12-21-19(17)26)24-7-5-23(6-8-24)15(3)27/h11-12,14,18H,5-10,13H2,1-4H3/t18-/m1/s1. The molecule has 4 heterocycles. The van der Waals surface area contributed by atoms with Gasteiger partial charge in [0.05, 0.1) is 17.6 Å². The van der Waals surface area contributed by atoms with Crippen LogP contribution in [0.1, 0.15) is 20.8 Å². The van der Waals surface area contributed by atoms with Gasteiger partial charge in [-0.15, -0.1) is 0 Å². The second kappa shape index (κ2) is 7.24. The van der Waals surface area contributed by atoms with E-state index < -0.39 is 0 Å². The molecule has 28 heavy (non-hydrogen) atoms. The molecule has 0 N–H and O–H groups in total. The number of hydrogen-bond donors (Lipinski definition) is 0. The van der Waals surface area contributed by atoms with Crippen LogP contribution < -0.4 is 14.7 Å². The van der Waals surface area contributed by atoms with Crippen LogP contribution >= 0.6 is 0 Å². The van der Waals surface area contributed by atoms with E-state index in [1.807, 2.05) is 18.1 Å². The largest absolute Gasteiger partial charge is 0.367 e. The van der Waals surface area contributed by atoms with E-state index >= 15 is 0 Å². The Balaban J connectivity index is 1.57. The molecule has 3 aliphatic rings. The van der Waals surface area contributed by atoms with E-state index in [1.165, 1.54) is 0 Å². The predicted molar refractivity (Wildman–Crippen MR) is 110 cm³/mol. The van der Waals surface area contributed by atoms with Crippen LogP contribution in [0.15, 0.2) is 12.3 Å². The maximum atomic E-state index is 13.1. The van der Waals surface area contributed by atoms with E-state index in [2.05, 4.69) is 34.6 Å². The molecule has 0 spiro atoms. The predicted octanol–water partition coefficient (Wildman–Crippen LogP) is 0.626. The van der Waals surface area contributed by atoms with Crippen molar-refractivity contribution >= 4 is 29.0 Å². The molecule has 3 aliphatic heterocycles. The van der Waals surface area contributed by atoms with Crippen molar-refractivity contribution < 1.29 is 9.59 Å². The van der Waals surface area contributed by atoms with Gasteiger partial charge in [-0.2, -0.15) is 0 Å². The first kappa shape index (κ1) is 19.0. The van der Waals surface area contributed by atoms with Crippen LogP contribution in [-0.4, -0.2) is 91.5 Å². The third-order valence-corrected chi connectivity index (χ3v) is 6.31. The van der Waals surface area contributed by atoms with E-state index in [-0.39, 0.29) is 17.9 Å². The zero-order valence-corrected chi connectivity index (χ0v) is 17.3. The molecule has 8 nitrogen and oxygen atoms in total. The van der Waals surface area contributed by atoms with E-state index in [9.17, 15) is 9.59 Å². The van der Waals surface area contributed by atoms with E-state index in [1.54, 1.807) is 11.8 Å². The number of hydrogen-bond acceptors (Lipinski definition) is 6. The van der Waals surface area contributed by atoms with Gasteiger partial charge in [-0.3, -0.25) is 14.5 Å². The van der Waals surface area contributed by atoms with Gasteiger partial charge in [0.15, 0.2) is 5.82 Å². The van der Waals surface area contributed by atoms with Crippen molar-refractivity contribution in [2.45, 2.75) is 32.9 Å². The maximum Gasteiger partial charge on any atom is 0.250 e. The molecule has 2 saturated heterocycles. The van der Waals surface area contributed by atoms with Crippen LogP contribution in [0, 0.1) is 0 Å². The van der Waals surface area contributed by atoms with Gasteiger partial charge < -0.3 is 19.6 Å². The number of likely N-dealkylation sites (N-methyl/N-ethyl adjacent to an activating group) is 1. The first-order chi connectivity index (χ1) is 13.4. The number of amides is 2. The van der Waals surface area contributed by atoms with Gasteiger partial charge in [0.2, 0.25) is 5.91 Å². The molecule has 4 rings (SSSR count). The Morgan fingerprint density at radius 2 is 1.86 bits per heavy atom. The molecule has 1 atom stereocenters. The molecule has 0 radical (unpaired) electrons. The fraction of sp³-hybridized carbons (Fsp3) is 0.650. The molecule has 152 valence electrons. The fourth-order valence-electron chi connectivity index (χ4n) is 4.44. The third-order valence-electron chi connectivity index (χ3n) is 6.31. The Hall–Kier alpha value is -2.35. The second-order valence-corrected chi connectivity index (χ2v) is 8.22. The van der Waals surface area contributed by atoms with Crippen LogP contribution in [-0.2, 0) is 9.59 Å². The Bertz CT molecular complexity index is 774. The van der Waals surface area contributed by atoms with Crippen LogP contribution in [0.5, 0.6) is 0 Å². The summed E-state index contributed by atoms with van der Waals surface area (Å²) in [6.45, 7) is 11.5. The number of nitrogens with zero attached hydrogens (tertiary/aromatic N) is 6. The first-order valence-electron chi connectivity index (χ1n) is 10.2. The molecule has 1 aromatic rings. The highest BCUT2D eigenvalue weighted by molar-refractivity contribution is 6.05. The average molecular weight is 387 g/mol. The summed E-state index contributed by atoms with van der Waals surface area (Å²) in [5, 5.41) is 0. The smallest absolute Gasteiger partial charge is 0.250 e. The molecule has 1 aromatic heterocycles. The Morgan fingerprint density at radius 3 is 2.50 bits per heavy atom. The molecular formula is C20H30N6O2. The zero-order valence-electron chi connectivity index (χ0n) is 17.3. The van der Waals surface area contributed by atoms with Gasteiger partial charge >= 0.3 is 0 Å². The Morgan fingerprint density at radius 1 is 1.14 bits per heavy atom. The monoisotopic (exact) mass is 386 g/mol. The van der Waals surface area contributed by atoms with Crippen LogP contribution in [0.3, 0.4) is 0 Å². The van der Waals surface area contributed by atoms with Gasteiger partial charge in [-0.1, -0.05) is 0 Å². The van der Waals surface area contributed by atoms with Crippen molar-refractivity contribution in [3.8, 4) is 0 Å². The lowest BCUT2D eigenvalue weighted by Gasteiger charge is -2.47. The van der Waals surface area contributed by atoms with Crippen molar-refractivity contribution in [2.24, 2.45) is 0 Å². The lowest BCUT2D eigenvalue weighted by Crippen LogP contribution is -2.63. The highest BCUT2D eigenvalue weighted by Crippen LogP contribution is 2.37. The number of pyridine rings is 1.